The molecule has 17 heavy (non-hydrogen) atoms. The van der Waals surface area contributed by atoms with Gasteiger partial charge in [-0.25, -0.2) is 9.98 Å². The summed E-state index contributed by atoms with van der Waals surface area (Å²) in [5, 5.41) is 4.20. The van der Waals surface area contributed by atoms with Crippen molar-refractivity contribution in [1.29, 1.82) is 0 Å². The Kier molecular flexibility index (Phi) is 5.41. The molecule has 1 heterocycles. The summed E-state index contributed by atoms with van der Waals surface area (Å²) in [6, 6.07) is 0. The summed E-state index contributed by atoms with van der Waals surface area (Å²) in [6.07, 6.45) is 1.11. The van der Waals surface area contributed by atoms with Gasteiger partial charge in [0.2, 0.25) is 0 Å². The lowest BCUT2D eigenvalue weighted by Gasteiger charge is -2.07. The first-order chi connectivity index (χ1) is 7.99. The lowest BCUT2D eigenvalue weighted by molar-refractivity contribution is 0.576. The number of aliphatic imine (C=N–C) groups is 1. The SMILES string of the molecule is Cc1nc(C)c(CN=C(N)NCCC(C)C)s1. The summed E-state index contributed by atoms with van der Waals surface area (Å²) >= 11 is 1.68. The van der Waals surface area contributed by atoms with Gasteiger partial charge in [-0.2, -0.15) is 0 Å². The van der Waals surface area contributed by atoms with E-state index in [1.165, 1.54) is 4.88 Å². The fraction of sp³-hybridized carbons (Fsp3) is 0.667. The Bertz CT molecular complexity index is 382. The lowest BCUT2D eigenvalue weighted by atomic mass is 10.1. The Morgan fingerprint density at radius 3 is 2.71 bits per heavy atom. The second kappa shape index (κ2) is 6.59. The molecule has 0 amide bonds. The average molecular weight is 254 g/mol. The molecular formula is C12H22N4S. The van der Waals surface area contributed by atoms with Gasteiger partial charge in [-0.15, -0.1) is 11.3 Å². The van der Waals surface area contributed by atoms with Crippen molar-refractivity contribution in [1.82, 2.24) is 10.3 Å². The molecule has 0 unspecified atom stereocenters. The van der Waals surface area contributed by atoms with Crippen LogP contribution in [0.1, 0.15) is 35.8 Å². The van der Waals surface area contributed by atoms with E-state index in [1.807, 2.05) is 13.8 Å². The van der Waals surface area contributed by atoms with Crippen LogP contribution in [0.15, 0.2) is 4.99 Å². The van der Waals surface area contributed by atoms with Gasteiger partial charge in [0.05, 0.1) is 17.2 Å². The molecule has 1 rings (SSSR count). The predicted octanol–water partition coefficient (Wildman–Crippen LogP) is 2.21. The number of nitrogens with two attached hydrogens (primary N) is 1. The van der Waals surface area contributed by atoms with Crippen molar-refractivity contribution in [3.05, 3.63) is 15.6 Å². The Balaban J connectivity index is 2.39. The normalized spacial score (nSPS) is 12.2. The van der Waals surface area contributed by atoms with Gasteiger partial charge < -0.3 is 11.1 Å². The topological polar surface area (TPSA) is 63.3 Å². The Labute approximate surface area is 107 Å². The molecule has 0 aromatic carbocycles. The number of aromatic nitrogens is 1. The minimum atomic E-state index is 0.524. The number of hydrogen-bond acceptors (Lipinski definition) is 3. The van der Waals surface area contributed by atoms with Crippen LogP contribution in [0.2, 0.25) is 0 Å². The van der Waals surface area contributed by atoms with Crippen molar-refractivity contribution in [2.75, 3.05) is 6.54 Å². The smallest absolute Gasteiger partial charge is 0.188 e. The van der Waals surface area contributed by atoms with Crippen LogP contribution in [-0.2, 0) is 6.54 Å². The third-order valence-corrected chi connectivity index (χ3v) is 3.48. The number of thiazole rings is 1. The molecule has 0 bridgehead atoms. The van der Waals surface area contributed by atoms with E-state index in [0.29, 0.717) is 18.4 Å². The molecule has 0 fully saturated rings. The Morgan fingerprint density at radius 1 is 1.47 bits per heavy atom. The van der Waals surface area contributed by atoms with Gasteiger partial charge in [0, 0.05) is 11.4 Å². The third-order valence-electron chi connectivity index (χ3n) is 2.42. The highest BCUT2D eigenvalue weighted by atomic mass is 32.1. The standard InChI is InChI=1S/C12H22N4S/c1-8(2)5-6-14-12(13)15-7-11-9(3)16-10(4)17-11/h8H,5-7H2,1-4H3,(H3,13,14,15). The molecule has 1 aromatic rings. The zero-order chi connectivity index (χ0) is 12.8. The van der Waals surface area contributed by atoms with Crippen LogP contribution in [-0.4, -0.2) is 17.5 Å². The highest BCUT2D eigenvalue weighted by molar-refractivity contribution is 7.11. The van der Waals surface area contributed by atoms with E-state index in [-0.39, 0.29) is 0 Å². The average Bonchev–Trinajstić information content (AvgIpc) is 2.54. The van der Waals surface area contributed by atoms with Gasteiger partial charge >= 0.3 is 0 Å². The van der Waals surface area contributed by atoms with Gasteiger partial charge in [-0.3, -0.25) is 0 Å². The zero-order valence-electron chi connectivity index (χ0n) is 11.1. The highest BCUT2D eigenvalue weighted by Crippen LogP contribution is 2.17. The number of hydrogen-bond donors (Lipinski definition) is 2. The van der Waals surface area contributed by atoms with Crippen LogP contribution in [0.3, 0.4) is 0 Å². The molecule has 0 atom stereocenters. The second-order valence-corrected chi connectivity index (χ2v) is 5.84. The molecule has 5 heteroatoms. The summed E-state index contributed by atoms with van der Waals surface area (Å²) in [4.78, 5) is 9.87. The second-order valence-electron chi connectivity index (χ2n) is 4.55. The van der Waals surface area contributed by atoms with E-state index in [1.54, 1.807) is 11.3 Å². The van der Waals surface area contributed by atoms with Crippen LogP contribution in [0.5, 0.6) is 0 Å². The first-order valence-electron chi connectivity index (χ1n) is 5.95. The number of nitrogens with zero attached hydrogens (tertiary/aromatic N) is 2. The maximum atomic E-state index is 5.79. The maximum absolute atomic E-state index is 5.79. The molecule has 4 nitrogen and oxygen atoms in total. The van der Waals surface area contributed by atoms with Crippen molar-refractivity contribution in [3.63, 3.8) is 0 Å². The summed E-state index contributed by atoms with van der Waals surface area (Å²) in [6.45, 7) is 9.91. The van der Waals surface area contributed by atoms with Gasteiger partial charge in [-0.05, 0) is 26.2 Å². The van der Waals surface area contributed by atoms with Crippen molar-refractivity contribution in [3.8, 4) is 0 Å². The van der Waals surface area contributed by atoms with E-state index in [4.69, 9.17) is 5.73 Å². The van der Waals surface area contributed by atoms with Crippen molar-refractivity contribution >= 4 is 17.3 Å². The first kappa shape index (κ1) is 14.0. The van der Waals surface area contributed by atoms with Crippen LogP contribution in [0, 0.1) is 19.8 Å². The maximum Gasteiger partial charge on any atom is 0.188 e. The third kappa shape index (κ3) is 5.17. The van der Waals surface area contributed by atoms with Crippen LogP contribution < -0.4 is 11.1 Å². The van der Waals surface area contributed by atoms with E-state index in [2.05, 4.69) is 29.1 Å². The molecule has 0 aliphatic rings. The number of aryl methyl sites for hydroxylation is 2. The van der Waals surface area contributed by atoms with Gasteiger partial charge in [0.25, 0.3) is 0 Å². The quantitative estimate of drug-likeness (QED) is 0.625. The summed E-state index contributed by atoms with van der Waals surface area (Å²) in [7, 11) is 0. The molecular weight excluding hydrogens is 232 g/mol. The minimum absolute atomic E-state index is 0.524. The number of nitrogens with one attached hydrogen (secondary N) is 1. The van der Waals surface area contributed by atoms with E-state index < -0.39 is 0 Å². The molecule has 0 spiro atoms. The molecule has 3 N–H and O–H groups in total. The van der Waals surface area contributed by atoms with Crippen molar-refractivity contribution in [2.24, 2.45) is 16.6 Å². The van der Waals surface area contributed by atoms with E-state index in [9.17, 15) is 0 Å². The number of guanidine groups is 1. The monoisotopic (exact) mass is 254 g/mol. The Hall–Kier alpha value is -1.10. The summed E-state index contributed by atoms with van der Waals surface area (Å²) in [5.41, 5.74) is 6.85. The molecule has 96 valence electrons. The minimum Gasteiger partial charge on any atom is -0.370 e. The molecule has 0 aliphatic heterocycles. The number of rotatable bonds is 5. The summed E-state index contributed by atoms with van der Waals surface area (Å²) < 4.78 is 0. The molecule has 0 saturated heterocycles. The molecule has 0 saturated carbocycles. The molecule has 1 aromatic heterocycles. The lowest BCUT2D eigenvalue weighted by Crippen LogP contribution is -2.32. The van der Waals surface area contributed by atoms with Crippen molar-refractivity contribution < 1.29 is 0 Å². The van der Waals surface area contributed by atoms with Crippen LogP contribution in [0.4, 0.5) is 0 Å². The van der Waals surface area contributed by atoms with E-state index in [0.717, 1.165) is 23.7 Å². The molecule has 0 radical (unpaired) electrons. The summed E-state index contributed by atoms with van der Waals surface area (Å²) in [5.74, 6) is 1.21. The van der Waals surface area contributed by atoms with Gasteiger partial charge in [-0.1, -0.05) is 13.8 Å². The van der Waals surface area contributed by atoms with Gasteiger partial charge in [0.1, 0.15) is 0 Å². The fourth-order valence-corrected chi connectivity index (χ4v) is 2.28. The van der Waals surface area contributed by atoms with Crippen LogP contribution >= 0.6 is 11.3 Å². The first-order valence-corrected chi connectivity index (χ1v) is 6.77. The van der Waals surface area contributed by atoms with Crippen LogP contribution in [0.25, 0.3) is 0 Å². The fourth-order valence-electron chi connectivity index (χ4n) is 1.42. The van der Waals surface area contributed by atoms with Gasteiger partial charge in [0.15, 0.2) is 5.96 Å². The largest absolute Gasteiger partial charge is 0.370 e. The highest BCUT2D eigenvalue weighted by Gasteiger charge is 2.03. The van der Waals surface area contributed by atoms with E-state index >= 15 is 0 Å². The zero-order valence-corrected chi connectivity index (χ0v) is 11.9. The molecule has 0 aliphatic carbocycles. The predicted molar refractivity (Wildman–Crippen MR) is 74.4 cm³/mol. The Morgan fingerprint density at radius 2 is 2.18 bits per heavy atom. The van der Waals surface area contributed by atoms with Crippen molar-refractivity contribution in [2.45, 2.75) is 40.7 Å².